The van der Waals surface area contributed by atoms with Crippen LogP contribution >= 0.6 is 0 Å². The Morgan fingerprint density at radius 2 is 2.33 bits per heavy atom. The molecule has 0 N–H and O–H groups in total. The molecule has 6 nitrogen and oxygen atoms in total. The van der Waals surface area contributed by atoms with Gasteiger partial charge in [-0.05, 0) is 37.5 Å². The number of carbonyl (C=O) groups excluding carboxylic acids is 1. The molecule has 2 saturated heterocycles. The van der Waals surface area contributed by atoms with Gasteiger partial charge in [0.15, 0.2) is 0 Å². The number of nitrogens with zero attached hydrogens (tertiary/aromatic N) is 2. The largest absolute Gasteiger partial charge is 0.373 e. The van der Waals surface area contributed by atoms with E-state index in [1.807, 2.05) is 24.1 Å². The molecule has 3 heterocycles. The van der Waals surface area contributed by atoms with Gasteiger partial charge >= 0.3 is 0 Å². The zero-order chi connectivity index (χ0) is 17.0. The Balaban J connectivity index is 1.47. The number of pyridine rings is 1. The van der Waals surface area contributed by atoms with Crippen LogP contribution < -0.4 is 0 Å². The lowest BCUT2D eigenvalue weighted by Gasteiger charge is -2.53. The van der Waals surface area contributed by atoms with Gasteiger partial charge in [0.05, 0.1) is 25.8 Å². The second-order valence-electron chi connectivity index (χ2n) is 6.65. The molecule has 24 heavy (non-hydrogen) atoms. The molecule has 132 valence electrons. The number of aromatic nitrogens is 1. The van der Waals surface area contributed by atoms with E-state index >= 15 is 0 Å². The Hall–Kier alpha value is -1.50. The van der Waals surface area contributed by atoms with E-state index in [2.05, 4.69) is 11.9 Å². The van der Waals surface area contributed by atoms with Crippen molar-refractivity contribution in [1.29, 1.82) is 0 Å². The predicted molar refractivity (Wildman–Crippen MR) is 88.5 cm³/mol. The van der Waals surface area contributed by atoms with E-state index in [1.54, 1.807) is 6.20 Å². The minimum absolute atomic E-state index is 0.0418. The summed E-state index contributed by atoms with van der Waals surface area (Å²) in [5, 5.41) is 0. The van der Waals surface area contributed by atoms with Crippen molar-refractivity contribution in [3.8, 4) is 0 Å². The van der Waals surface area contributed by atoms with Crippen LogP contribution in [0.5, 0.6) is 0 Å². The number of rotatable bonds is 6. The van der Waals surface area contributed by atoms with E-state index < -0.39 is 0 Å². The van der Waals surface area contributed by atoms with Crippen LogP contribution in [-0.2, 0) is 25.6 Å². The van der Waals surface area contributed by atoms with E-state index in [0.29, 0.717) is 32.9 Å². The normalized spacial score (nSPS) is 22.4. The third-order valence-corrected chi connectivity index (χ3v) is 4.81. The molecule has 2 fully saturated rings. The van der Waals surface area contributed by atoms with Crippen LogP contribution in [0.25, 0.3) is 0 Å². The highest BCUT2D eigenvalue weighted by Crippen LogP contribution is 2.35. The third kappa shape index (κ3) is 3.94. The lowest BCUT2D eigenvalue weighted by atomic mass is 9.84. The van der Waals surface area contributed by atoms with Gasteiger partial charge in [-0.1, -0.05) is 0 Å². The number of likely N-dealkylation sites (tertiary alicyclic amines) is 1. The Morgan fingerprint density at radius 3 is 3.08 bits per heavy atom. The first-order valence-electron chi connectivity index (χ1n) is 8.62. The van der Waals surface area contributed by atoms with Crippen molar-refractivity contribution in [2.24, 2.45) is 0 Å². The van der Waals surface area contributed by atoms with Gasteiger partial charge in [-0.15, -0.1) is 0 Å². The quantitative estimate of drug-likeness (QED) is 0.792. The van der Waals surface area contributed by atoms with Crippen molar-refractivity contribution in [2.75, 3.05) is 32.9 Å². The second-order valence-corrected chi connectivity index (χ2v) is 6.65. The van der Waals surface area contributed by atoms with E-state index in [-0.39, 0.29) is 24.2 Å². The first-order valence-corrected chi connectivity index (χ1v) is 8.62. The number of carbonyl (C=O) groups is 1. The maximum atomic E-state index is 11.9. The van der Waals surface area contributed by atoms with E-state index in [0.717, 1.165) is 18.4 Å². The maximum Gasteiger partial charge on any atom is 0.248 e. The van der Waals surface area contributed by atoms with Crippen LogP contribution in [0, 0.1) is 6.92 Å². The molecule has 2 aliphatic rings. The Morgan fingerprint density at radius 1 is 1.50 bits per heavy atom. The molecular weight excluding hydrogens is 308 g/mol. The van der Waals surface area contributed by atoms with E-state index in [4.69, 9.17) is 14.2 Å². The van der Waals surface area contributed by atoms with E-state index in [1.165, 1.54) is 5.56 Å². The third-order valence-electron chi connectivity index (χ3n) is 4.81. The van der Waals surface area contributed by atoms with Crippen molar-refractivity contribution >= 4 is 5.91 Å². The van der Waals surface area contributed by atoms with E-state index in [9.17, 15) is 4.79 Å². The summed E-state index contributed by atoms with van der Waals surface area (Å²) in [6.45, 7) is 7.23. The highest BCUT2D eigenvalue weighted by molar-refractivity contribution is 5.78. The van der Waals surface area contributed by atoms with Crippen LogP contribution in [0.4, 0.5) is 0 Å². The van der Waals surface area contributed by atoms with Crippen LogP contribution in [0.3, 0.4) is 0 Å². The summed E-state index contributed by atoms with van der Waals surface area (Å²) in [5.74, 6) is 0.0418. The topological polar surface area (TPSA) is 60.9 Å². The molecule has 0 aromatic carbocycles. The molecule has 1 amide bonds. The standard InChI is InChI=1S/C18H26N2O4/c1-3-22-11-17(21)20-12-18(13-20)8-16(5-7-24-18)23-10-15-9-19-6-4-14(15)2/h4,6,9,16H,3,5,7-8,10-13H2,1-2H3/t16-/m1/s1. The molecule has 2 aliphatic heterocycles. The van der Waals surface area contributed by atoms with Crippen LogP contribution in [0.2, 0.25) is 0 Å². The highest BCUT2D eigenvalue weighted by Gasteiger charge is 2.49. The molecule has 0 bridgehead atoms. The molecule has 6 heteroatoms. The smallest absolute Gasteiger partial charge is 0.248 e. The first kappa shape index (κ1) is 17.3. The van der Waals surface area contributed by atoms with Gasteiger partial charge in [0.25, 0.3) is 0 Å². The fourth-order valence-electron chi connectivity index (χ4n) is 3.31. The lowest BCUT2D eigenvalue weighted by Crippen LogP contribution is -2.67. The van der Waals surface area contributed by atoms with Gasteiger partial charge in [0.2, 0.25) is 5.91 Å². The highest BCUT2D eigenvalue weighted by atomic mass is 16.5. The summed E-state index contributed by atoms with van der Waals surface area (Å²) in [5.41, 5.74) is 2.10. The number of ether oxygens (including phenoxy) is 3. The van der Waals surface area contributed by atoms with Gasteiger partial charge in [-0.25, -0.2) is 0 Å². The van der Waals surface area contributed by atoms with Crippen LogP contribution in [0.1, 0.15) is 30.9 Å². The molecule has 1 atom stereocenters. The lowest BCUT2D eigenvalue weighted by molar-refractivity contribution is -0.204. The molecule has 1 aromatic heterocycles. The van der Waals surface area contributed by atoms with Gasteiger partial charge in [0.1, 0.15) is 12.2 Å². The van der Waals surface area contributed by atoms with Crippen LogP contribution in [0.15, 0.2) is 18.5 Å². The molecule has 1 spiro atoms. The summed E-state index contributed by atoms with van der Waals surface area (Å²) in [6, 6.07) is 2.00. The second kappa shape index (κ2) is 7.59. The van der Waals surface area contributed by atoms with Gasteiger partial charge in [-0.2, -0.15) is 0 Å². The van der Waals surface area contributed by atoms with Crippen LogP contribution in [-0.4, -0.2) is 60.4 Å². The number of hydrogen-bond donors (Lipinski definition) is 0. The first-order chi connectivity index (χ1) is 11.6. The minimum atomic E-state index is -0.227. The summed E-state index contributed by atoms with van der Waals surface area (Å²) < 4.78 is 17.2. The molecule has 0 saturated carbocycles. The molecule has 0 aliphatic carbocycles. The number of amides is 1. The number of hydrogen-bond acceptors (Lipinski definition) is 5. The molecule has 3 rings (SSSR count). The van der Waals surface area contributed by atoms with Crippen molar-refractivity contribution in [3.63, 3.8) is 0 Å². The van der Waals surface area contributed by atoms with Gasteiger partial charge in [-0.3, -0.25) is 9.78 Å². The fourth-order valence-corrected chi connectivity index (χ4v) is 3.31. The Kier molecular flexibility index (Phi) is 5.48. The Labute approximate surface area is 143 Å². The van der Waals surface area contributed by atoms with Crippen molar-refractivity contribution in [3.05, 3.63) is 29.6 Å². The van der Waals surface area contributed by atoms with Crippen molar-refractivity contribution < 1.29 is 19.0 Å². The maximum absolute atomic E-state index is 11.9. The summed E-state index contributed by atoms with van der Waals surface area (Å²) >= 11 is 0. The molecular formula is C18H26N2O4. The number of aryl methyl sites for hydroxylation is 1. The summed E-state index contributed by atoms with van der Waals surface area (Å²) in [4.78, 5) is 17.9. The SMILES string of the molecule is CCOCC(=O)N1CC2(C[C@H](OCc3cnccc3C)CCO2)C1. The Bertz CT molecular complexity index is 572. The average molecular weight is 334 g/mol. The molecule has 1 aromatic rings. The fraction of sp³-hybridized carbons (Fsp3) is 0.667. The summed E-state index contributed by atoms with van der Waals surface area (Å²) in [6.07, 6.45) is 5.56. The van der Waals surface area contributed by atoms with Gasteiger partial charge < -0.3 is 19.1 Å². The summed E-state index contributed by atoms with van der Waals surface area (Å²) in [7, 11) is 0. The minimum Gasteiger partial charge on any atom is -0.373 e. The monoisotopic (exact) mass is 334 g/mol. The zero-order valence-electron chi connectivity index (χ0n) is 14.5. The van der Waals surface area contributed by atoms with Gasteiger partial charge in [0, 0.05) is 32.0 Å². The zero-order valence-corrected chi connectivity index (χ0v) is 14.5. The van der Waals surface area contributed by atoms with Crippen molar-refractivity contribution in [1.82, 2.24) is 9.88 Å². The van der Waals surface area contributed by atoms with Crippen molar-refractivity contribution in [2.45, 2.75) is 45.0 Å². The predicted octanol–water partition coefficient (Wildman–Crippen LogP) is 1.70. The molecule has 0 unspecified atom stereocenters. The molecule has 0 radical (unpaired) electrons. The average Bonchev–Trinajstić information content (AvgIpc) is 2.57.